The van der Waals surface area contributed by atoms with Gasteiger partial charge < -0.3 is 15.2 Å². The van der Waals surface area contributed by atoms with Crippen LogP contribution in [-0.4, -0.2) is 22.6 Å². The highest BCUT2D eigenvalue weighted by Crippen LogP contribution is 2.19. The van der Waals surface area contributed by atoms with Gasteiger partial charge in [0, 0.05) is 22.7 Å². The molecule has 28 heavy (non-hydrogen) atoms. The second-order valence-electron chi connectivity index (χ2n) is 5.81. The second-order valence-corrected chi connectivity index (χ2v) is 6.24. The maximum atomic E-state index is 13.7. The van der Waals surface area contributed by atoms with E-state index in [1.807, 2.05) is 13.0 Å². The number of hydrogen-bond donors (Lipinski definition) is 2. The van der Waals surface area contributed by atoms with Gasteiger partial charge >= 0.3 is 0 Å². The first kappa shape index (κ1) is 19.8. The molecule has 0 aliphatic heterocycles. The quantitative estimate of drug-likeness (QED) is 0.480. The van der Waals surface area contributed by atoms with Crippen LogP contribution in [0, 0.1) is 11.6 Å². The fraction of sp³-hybridized carbons (Fsp3) is 0.211. The molecule has 3 aromatic rings. The van der Waals surface area contributed by atoms with Crippen LogP contribution in [0.5, 0.6) is 0 Å². The zero-order valence-corrected chi connectivity index (χ0v) is 15.8. The molecule has 0 aliphatic carbocycles. The molecule has 9 heteroatoms. The van der Waals surface area contributed by atoms with E-state index in [0.29, 0.717) is 29.2 Å². The first-order chi connectivity index (χ1) is 13.5. The van der Waals surface area contributed by atoms with E-state index in [9.17, 15) is 8.78 Å². The second kappa shape index (κ2) is 9.27. The van der Waals surface area contributed by atoms with Gasteiger partial charge in [0.25, 0.3) is 0 Å². The maximum absolute atomic E-state index is 13.7. The van der Waals surface area contributed by atoms with Crippen LogP contribution < -0.4 is 10.6 Å². The lowest BCUT2D eigenvalue weighted by Gasteiger charge is -2.09. The molecule has 0 fully saturated rings. The minimum atomic E-state index is -0.510. The maximum Gasteiger partial charge on any atom is 0.246 e. The predicted octanol–water partition coefficient (Wildman–Crippen LogP) is 3.92. The number of aliphatic imine (C=N–C) groups is 1. The normalized spacial score (nSPS) is 11.5. The highest BCUT2D eigenvalue weighted by atomic mass is 35.5. The van der Waals surface area contributed by atoms with Crippen molar-refractivity contribution in [3.05, 3.63) is 70.6 Å². The van der Waals surface area contributed by atoms with Crippen molar-refractivity contribution < 1.29 is 13.3 Å². The Morgan fingerprint density at radius 1 is 1.18 bits per heavy atom. The van der Waals surface area contributed by atoms with E-state index in [4.69, 9.17) is 16.1 Å². The number of aromatic nitrogens is 2. The molecule has 2 N–H and O–H groups in total. The standard InChI is InChI=1S/C19H18ClF2N5O/c1-2-23-19(24-10-13-9-15(21)6-7-16(13)22)25-11-17-26-18(27-28-17)12-4-3-5-14(20)8-12/h3-9H,2,10-11H2,1H3,(H2,23,24,25). The lowest BCUT2D eigenvalue weighted by Crippen LogP contribution is -2.36. The molecular weight excluding hydrogens is 388 g/mol. The fourth-order valence-electron chi connectivity index (χ4n) is 2.40. The highest BCUT2D eigenvalue weighted by molar-refractivity contribution is 6.30. The molecule has 1 aromatic heterocycles. The third-order valence-electron chi connectivity index (χ3n) is 3.72. The smallest absolute Gasteiger partial charge is 0.246 e. The van der Waals surface area contributed by atoms with E-state index in [-0.39, 0.29) is 18.7 Å². The van der Waals surface area contributed by atoms with Crippen molar-refractivity contribution in [3.63, 3.8) is 0 Å². The van der Waals surface area contributed by atoms with Gasteiger partial charge in [0.2, 0.25) is 11.7 Å². The summed E-state index contributed by atoms with van der Waals surface area (Å²) in [5, 5.41) is 10.5. The van der Waals surface area contributed by atoms with Gasteiger partial charge in [0.15, 0.2) is 5.96 Å². The Bertz CT molecular complexity index is 976. The van der Waals surface area contributed by atoms with Crippen molar-refractivity contribution in [2.45, 2.75) is 20.0 Å². The van der Waals surface area contributed by atoms with Gasteiger partial charge in [-0.1, -0.05) is 28.9 Å². The van der Waals surface area contributed by atoms with E-state index in [0.717, 1.165) is 23.8 Å². The van der Waals surface area contributed by atoms with E-state index in [1.165, 1.54) is 0 Å². The molecule has 0 atom stereocenters. The van der Waals surface area contributed by atoms with Crippen molar-refractivity contribution in [1.29, 1.82) is 0 Å². The van der Waals surface area contributed by atoms with Gasteiger partial charge in [-0.2, -0.15) is 4.98 Å². The Labute approximate surface area is 165 Å². The highest BCUT2D eigenvalue weighted by Gasteiger charge is 2.10. The lowest BCUT2D eigenvalue weighted by atomic mass is 10.2. The molecule has 0 saturated carbocycles. The Morgan fingerprint density at radius 3 is 2.82 bits per heavy atom. The summed E-state index contributed by atoms with van der Waals surface area (Å²) in [5.41, 5.74) is 0.905. The molecule has 146 valence electrons. The Balaban J connectivity index is 1.66. The van der Waals surface area contributed by atoms with Crippen molar-refractivity contribution in [2.75, 3.05) is 6.54 Å². The van der Waals surface area contributed by atoms with Gasteiger partial charge in [-0.25, -0.2) is 13.8 Å². The van der Waals surface area contributed by atoms with Gasteiger partial charge in [-0.15, -0.1) is 0 Å². The SMILES string of the molecule is CCNC(=NCc1cc(F)ccc1F)NCc1nc(-c2cccc(Cl)c2)no1. The molecular formula is C19H18ClF2N5O. The van der Waals surface area contributed by atoms with Crippen LogP contribution in [0.3, 0.4) is 0 Å². The van der Waals surface area contributed by atoms with Crippen LogP contribution in [-0.2, 0) is 13.1 Å². The summed E-state index contributed by atoms with van der Waals surface area (Å²) in [4.78, 5) is 8.56. The van der Waals surface area contributed by atoms with Crippen LogP contribution in [0.2, 0.25) is 5.02 Å². The number of nitrogens with zero attached hydrogens (tertiary/aromatic N) is 3. The number of hydrogen-bond acceptors (Lipinski definition) is 4. The van der Waals surface area contributed by atoms with E-state index in [2.05, 4.69) is 25.8 Å². The monoisotopic (exact) mass is 405 g/mol. The summed E-state index contributed by atoms with van der Waals surface area (Å²) in [6.45, 7) is 2.68. The van der Waals surface area contributed by atoms with Crippen LogP contribution >= 0.6 is 11.6 Å². The number of benzene rings is 2. The van der Waals surface area contributed by atoms with Gasteiger partial charge in [0.1, 0.15) is 11.6 Å². The summed E-state index contributed by atoms with van der Waals surface area (Å²) in [5.74, 6) is 0.155. The van der Waals surface area contributed by atoms with Crippen molar-refractivity contribution in [3.8, 4) is 11.4 Å². The predicted molar refractivity (Wildman–Crippen MR) is 103 cm³/mol. The average molecular weight is 406 g/mol. The molecule has 0 spiro atoms. The molecule has 1 heterocycles. The summed E-state index contributed by atoms with van der Waals surface area (Å²) >= 11 is 5.97. The third-order valence-corrected chi connectivity index (χ3v) is 3.95. The number of guanidine groups is 1. The van der Waals surface area contributed by atoms with Crippen molar-refractivity contribution in [2.24, 2.45) is 4.99 Å². The van der Waals surface area contributed by atoms with Crippen LogP contribution in [0.4, 0.5) is 8.78 Å². The molecule has 0 unspecified atom stereocenters. The molecule has 2 aromatic carbocycles. The first-order valence-corrected chi connectivity index (χ1v) is 8.97. The topological polar surface area (TPSA) is 75.3 Å². The van der Waals surface area contributed by atoms with Gasteiger partial charge in [0.05, 0.1) is 13.1 Å². The Morgan fingerprint density at radius 2 is 2.04 bits per heavy atom. The Hall–Kier alpha value is -3.00. The minimum Gasteiger partial charge on any atom is -0.357 e. The van der Waals surface area contributed by atoms with Crippen molar-refractivity contribution in [1.82, 2.24) is 20.8 Å². The summed E-state index contributed by atoms with van der Waals surface area (Å²) < 4.78 is 32.2. The van der Waals surface area contributed by atoms with Crippen LogP contribution in [0.25, 0.3) is 11.4 Å². The van der Waals surface area contributed by atoms with E-state index in [1.54, 1.807) is 18.2 Å². The molecule has 0 bridgehead atoms. The molecule has 0 saturated heterocycles. The van der Waals surface area contributed by atoms with Gasteiger partial charge in [-0.05, 0) is 37.3 Å². The van der Waals surface area contributed by atoms with Crippen molar-refractivity contribution >= 4 is 17.6 Å². The minimum absolute atomic E-state index is 0.0173. The summed E-state index contributed by atoms with van der Waals surface area (Å²) in [7, 11) is 0. The molecule has 0 amide bonds. The summed E-state index contributed by atoms with van der Waals surface area (Å²) in [6, 6.07) is 10.4. The zero-order valence-electron chi connectivity index (χ0n) is 15.0. The molecule has 6 nitrogen and oxygen atoms in total. The largest absolute Gasteiger partial charge is 0.357 e. The Kier molecular flexibility index (Phi) is 6.54. The molecule has 0 aliphatic rings. The fourth-order valence-corrected chi connectivity index (χ4v) is 2.59. The lowest BCUT2D eigenvalue weighted by molar-refractivity contribution is 0.375. The average Bonchev–Trinajstić information content (AvgIpc) is 3.15. The van der Waals surface area contributed by atoms with Crippen LogP contribution in [0.15, 0.2) is 52.0 Å². The van der Waals surface area contributed by atoms with Crippen LogP contribution in [0.1, 0.15) is 18.4 Å². The number of halogens is 3. The molecule has 0 radical (unpaired) electrons. The zero-order chi connectivity index (χ0) is 19.9. The summed E-state index contributed by atoms with van der Waals surface area (Å²) in [6.07, 6.45) is 0. The first-order valence-electron chi connectivity index (χ1n) is 8.60. The van der Waals surface area contributed by atoms with E-state index < -0.39 is 11.6 Å². The number of rotatable bonds is 6. The molecule has 3 rings (SSSR count). The van der Waals surface area contributed by atoms with E-state index >= 15 is 0 Å². The van der Waals surface area contributed by atoms with Gasteiger partial charge in [-0.3, -0.25) is 0 Å². The third kappa shape index (κ3) is 5.26. The number of nitrogens with one attached hydrogen (secondary N) is 2.